The van der Waals surface area contributed by atoms with Crippen LogP contribution in [0.3, 0.4) is 0 Å². The predicted octanol–water partition coefficient (Wildman–Crippen LogP) is 2.45. The van der Waals surface area contributed by atoms with Crippen molar-refractivity contribution in [3.8, 4) is 0 Å². The van der Waals surface area contributed by atoms with Crippen LogP contribution in [0.1, 0.15) is 34.6 Å². The zero-order valence-corrected chi connectivity index (χ0v) is 7.86. The highest BCUT2D eigenvalue weighted by Gasteiger charge is 2.19. The zero-order chi connectivity index (χ0) is 9.23. The first kappa shape index (κ1) is 10.2. The van der Waals surface area contributed by atoms with Crippen molar-refractivity contribution in [2.75, 3.05) is 0 Å². The second-order valence-corrected chi connectivity index (χ2v) is 3.78. The minimum atomic E-state index is -0.324. The summed E-state index contributed by atoms with van der Waals surface area (Å²) in [5, 5.41) is 9.48. The first-order chi connectivity index (χ1) is 4.76. The van der Waals surface area contributed by atoms with Crippen molar-refractivity contribution in [3.63, 3.8) is 0 Å². The van der Waals surface area contributed by atoms with Crippen molar-refractivity contribution < 1.29 is 9.90 Å². The Morgan fingerprint density at radius 2 is 1.55 bits per heavy atom. The van der Waals surface area contributed by atoms with E-state index in [0.29, 0.717) is 5.57 Å². The second kappa shape index (κ2) is 3.07. The highest BCUT2D eigenvalue weighted by molar-refractivity contribution is 5.93. The molecule has 0 spiro atoms. The van der Waals surface area contributed by atoms with Crippen LogP contribution in [0.5, 0.6) is 0 Å². The number of allylic oxidation sites excluding steroid dienone is 2. The molecule has 2 nitrogen and oxygen atoms in total. The third kappa shape index (κ3) is 2.74. The summed E-state index contributed by atoms with van der Waals surface area (Å²) in [6.45, 7) is 8.71. The summed E-state index contributed by atoms with van der Waals surface area (Å²) in [5.74, 6) is 0.113. The van der Waals surface area contributed by atoms with Gasteiger partial charge in [0.25, 0.3) is 0 Å². The van der Waals surface area contributed by atoms with Crippen LogP contribution in [-0.2, 0) is 4.79 Å². The normalized spacial score (nSPS) is 14.3. The van der Waals surface area contributed by atoms with E-state index in [2.05, 4.69) is 0 Å². The average molecular weight is 156 g/mol. The van der Waals surface area contributed by atoms with Gasteiger partial charge in [0.05, 0.1) is 0 Å². The fourth-order valence-corrected chi connectivity index (χ4v) is 0.729. The van der Waals surface area contributed by atoms with Crippen LogP contribution in [0.15, 0.2) is 11.3 Å². The molecule has 0 amide bonds. The van der Waals surface area contributed by atoms with Crippen LogP contribution in [0, 0.1) is 5.41 Å². The fourth-order valence-electron chi connectivity index (χ4n) is 0.729. The van der Waals surface area contributed by atoms with Gasteiger partial charge < -0.3 is 5.11 Å². The van der Waals surface area contributed by atoms with E-state index in [-0.39, 0.29) is 17.0 Å². The molecule has 0 unspecified atom stereocenters. The van der Waals surface area contributed by atoms with Gasteiger partial charge in [-0.05, 0) is 13.8 Å². The molecule has 0 bridgehead atoms. The first-order valence-corrected chi connectivity index (χ1v) is 3.68. The summed E-state index contributed by atoms with van der Waals surface area (Å²) >= 11 is 0. The molecule has 0 atom stereocenters. The van der Waals surface area contributed by atoms with Crippen molar-refractivity contribution in [2.24, 2.45) is 5.41 Å². The number of carbonyl (C=O) groups is 1. The van der Waals surface area contributed by atoms with Crippen molar-refractivity contribution in [1.82, 2.24) is 0 Å². The molecule has 0 heterocycles. The topological polar surface area (TPSA) is 37.3 Å². The molecule has 0 aromatic carbocycles. The summed E-state index contributed by atoms with van der Waals surface area (Å²) in [7, 11) is 0. The van der Waals surface area contributed by atoms with Crippen molar-refractivity contribution >= 4 is 5.78 Å². The maximum atomic E-state index is 10.8. The molecule has 2 heteroatoms. The van der Waals surface area contributed by atoms with Crippen LogP contribution in [0.4, 0.5) is 0 Å². The number of hydrogen-bond acceptors (Lipinski definition) is 2. The van der Waals surface area contributed by atoms with E-state index in [9.17, 15) is 9.90 Å². The van der Waals surface area contributed by atoms with Crippen LogP contribution in [0.2, 0.25) is 0 Å². The molecule has 11 heavy (non-hydrogen) atoms. The predicted molar refractivity (Wildman–Crippen MR) is 45.5 cm³/mol. The lowest BCUT2D eigenvalue weighted by molar-refractivity contribution is -0.113. The van der Waals surface area contributed by atoms with Gasteiger partial charge in [-0.2, -0.15) is 0 Å². The highest BCUT2D eigenvalue weighted by atomic mass is 16.3. The Kier molecular flexibility index (Phi) is 2.85. The maximum absolute atomic E-state index is 10.8. The van der Waals surface area contributed by atoms with Gasteiger partial charge in [0.1, 0.15) is 5.76 Å². The van der Waals surface area contributed by atoms with E-state index in [1.54, 1.807) is 6.92 Å². The fraction of sp³-hybridized carbons (Fsp3) is 0.667. The van der Waals surface area contributed by atoms with Gasteiger partial charge in [0, 0.05) is 11.0 Å². The van der Waals surface area contributed by atoms with E-state index < -0.39 is 0 Å². The third-order valence-electron chi connectivity index (χ3n) is 1.59. The summed E-state index contributed by atoms with van der Waals surface area (Å²) in [6.07, 6.45) is 0. The van der Waals surface area contributed by atoms with E-state index in [0.717, 1.165) is 0 Å². The number of aliphatic hydroxyl groups is 1. The van der Waals surface area contributed by atoms with Crippen LogP contribution >= 0.6 is 0 Å². The van der Waals surface area contributed by atoms with Crippen LogP contribution in [0.25, 0.3) is 0 Å². The Hall–Kier alpha value is -0.790. The number of rotatable bonds is 1. The molecule has 0 aliphatic rings. The molecule has 0 aromatic rings. The van der Waals surface area contributed by atoms with Crippen molar-refractivity contribution in [1.29, 1.82) is 0 Å². The van der Waals surface area contributed by atoms with Crippen LogP contribution in [-0.4, -0.2) is 10.9 Å². The maximum Gasteiger partial charge on any atom is 0.158 e. The lowest BCUT2D eigenvalue weighted by Crippen LogP contribution is -2.13. The molecule has 0 aliphatic heterocycles. The Balaban J connectivity index is 4.82. The largest absolute Gasteiger partial charge is 0.511 e. The van der Waals surface area contributed by atoms with Gasteiger partial charge in [-0.3, -0.25) is 4.79 Å². The molecule has 0 fully saturated rings. The second-order valence-electron chi connectivity index (χ2n) is 3.78. The number of aliphatic hydroxyl groups excluding tert-OH is 1. The molecular weight excluding hydrogens is 140 g/mol. The number of carbonyl (C=O) groups excluding carboxylic acids is 1. The van der Waals surface area contributed by atoms with Gasteiger partial charge in [-0.15, -0.1) is 0 Å². The van der Waals surface area contributed by atoms with Gasteiger partial charge in [-0.25, -0.2) is 0 Å². The highest BCUT2D eigenvalue weighted by Crippen LogP contribution is 2.25. The SMILES string of the molecule is CC(=O)/C(C)=C(/O)C(C)(C)C. The summed E-state index contributed by atoms with van der Waals surface area (Å²) in [6, 6.07) is 0. The Bertz CT molecular complexity index is 194. The van der Waals surface area contributed by atoms with Crippen molar-refractivity contribution in [3.05, 3.63) is 11.3 Å². The zero-order valence-electron chi connectivity index (χ0n) is 7.86. The number of ketones is 1. The Morgan fingerprint density at radius 3 is 1.64 bits per heavy atom. The Labute approximate surface area is 67.9 Å². The molecule has 0 radical (unpaired) electrons. The lowest BCUT2D eigenvalue weighted by Gasteiger charge is -2.18. The minimum absolute atomic E-state index is 0.0718. The van der Waals surface area contributed by atoms with E-state index in [1.807, 2.05) is 20.8 Å². The van der Waals surface area contributed by atoms with Gasteiger partial charge in [0.15, 0.2) is 5.78 Å². The summed E-state index contributed by atoms with van der Waals surface area (Å²) in [4.78, 5) is 10.8. The third-order valence-corrected chi connectivity index (χ3v) is 1.59. The molecule has 0 saturated carbocycles. The number of Topliss-reactive ketones (excluding diaryl/α,β-unsaturated/α-hetero) is 1. The molecular formula is C9H16O2. The smallest absolute Gasteiger partial charge is 0.158 e. The molecule has 0 aliphatic carbocycles. The summed E-state index contributed by atoms with van der Waals surface area (Å²) < 4.78 is 0. The quantitative estimate of drug-likeness (QED) is 0.467. The van der Waals surface area contributed by atoms with E-state index >= 15 is 0 Å². The molecule has 64 valence electrons. The first-order valence-electron chi connectivity index (χ1n) is 3.68. The van der Waals surface area contributed by atoms with E-state index in [1.165, 1.54) is 6.92 Å². The van der Waals surface area contributed by atoms with Gasteiger partial charge in [-0.1, -0.05) is 20.8 Å². The van der Waals surface area contributed by atoms with Gasteiger partial charge >= 0.3 is 0 Å². The molecule has 0 rings (SSSR count). The molecule has 0 aromatic heterocycles. The standard InChI is InChI=1S/C9H16O2/c1-6(7(2)10)8(11)9(3,4)5/h11H,1-5H3/b8-6+. The minimum Gasteiger partial charge on any atom is -0.511 e. The number of hydrogen-bond donors (Lipinski definition) is 1. The average Bonchev–Trinajstić information content (AvgIpc) is 1.82. The van der Waals surface area contributed by atoms with Crippen molar-refractivity contribution in [2.45, 2.75) is 34.6 Å². The van der Waals surface area contributed by atoms with Crippen LogP contribution < -0.4 is 0 Å². The van der Waals surface area contributed by atoms with E-state index in [4.69, 9.17) is 0 Å². The monoisotopic (exact) mass is 156 g/mol. The molecule has 0 saturated heterocycles. The Morgan fingerprint density at radius 1 is 1.18 bits per heavy atom. The molecule has 1 N–H and O–H groups in total. The summed E-state index contributed by atoms with van der Waals surface area (Å²) in [5.41, 5.74) is 0.132. The van der Waals surface area contributed by atoms with Gasteiger partial charge in [0.2, 0.25) is 0 Å². The lowest BCUT2D eigenvalue weighted by atomic mass is 9.90.